The minimum absolute atomic E-state index is 0.153. The van der Waals surface area contributed by atoms with Crippen LogP contribution in [0.1, 0.15) is 38.7 Å². The molecule has 5 heteroatoms. The predicted molar refractivity (Wildman–Crippen MR) is 77.8 cm³/mol. The number of benzene rings is 1. The number of amides is 2. The Kier molecular flexibility index (Phi) is 3.39. The van der Waals surface area contributed by atoms with Crippen molar-refractivity contribution >= 4 is 11.8 Å². The summed E-state index contributed by atoms with van der Waals surface area (Å²) in [4.78, 5) is 26.9. The molecule has 2 aromatic rings. The minimum atomic E-state index is -0.603. The SMILES string of the molecule is NC(=O)c1ccc(C(=O)NC2CC2c2ccccc2)cn1. The molecule has 0 spiro atoms. The number of hydrogen-bond acceptors (Lipinski definition) is 3. The second-order valence-corrected chi connectivity index (χ2v) is 5.13. The highest BCUT2D eigenvalue weighted by atomic mass is 16.2. The van der Waals surface area contributed by atoms with Gasteiger partial charge in [-0.3, -0.25) is 14.6 Å². The summed E-state index contributed by atoms with van der Waals surface area (Å²) >= 11 is 0. The maximum Gasteiger partial charge on any atom is 0.267 e. The Bertz CT molecular complexity index is 668. The van der Waals surface area contributed by atoms with E-state index < -0.39 is 5.91 Å². The van der Waals surface area contributed by atoms with Gasteiger partial charge >= 0.3 is 0 Å². The first-order chi connectivity index (χ1) is 10.1. The number of carbonyl (C=O) groups is 2. The molecular formula is C16H15N3O2. The van der Waals surface area contributed by atoms with E-state index in [0.717, 1.165) is 6.42 Å². The molecule has 1 fully saturated rings. The highest BCUT2D eigenvalue weighted by Gasteiger charge is 2.39. The lowest BCUT2D eigenvalue weighted by Gasteiger charge is -2.05. The fourth-order valence-electron chi connectivity index (χ4n) is 2.35. The normalized spacial score (nSPS) is 19.8. The molecular weight excluding hydrogens is 266 g/mol. The second kappa shape index (κ2) is 5.36. The molecule has 1 aromatic heterocycles. The van der Waals surface area contributed by atoms with Gasteiger partial charge in [-0.2, -0.15) is 0 Å². The van der Waals surface area contributed by atoms with Crippen LogP contribution in [0.25, 0.3) is 0 Å². The molecule has 0 aliphatic heterocycles. The van der Waals surface area contributed by atoms with Crippen LogP contribution >= 0.6 is 0 Å². The van der Waals surface area contributed by atoms with Crippen LogP contribution in [0.5, 0.6) is 0 Å². The van der Waals surface area contributed by atoms with Gasteiger partial charge in [0.1, 0.15) is 5.69 Å². The van der Waals surface area contributed by atoms with Crippen molar-refractivity contribution in [1.29, 1.82) is 0 Å². The van der Waals surface area contributed by atoms with Crippen LogP contribution in [0.2, 0.25) is 0 Å². The zero-order chi connectivity index (χ0) is 14.8. The van der Waals surface area contributed by atoms with Crippen molar-refractivity contribution in [2.24, 2.45) is 5.73 Å². The number of carbonyl (C=O) groups excluding carboxylic acids is 2. The summed E-state index contributed by atoms with van der Waals surface area (Å²) in [5, 5.41) is 2.97. The van der Waals surface area contributed by atoms with Crippen molar-refractivity contribution in [3.63, 3.8) is 0 Å². The standard InChI is InChI=1S/C16H15N3O2/c17-15(20)13-7-6-11(9-18-13)16(21)19-14-8-12(14)10-4-2-1-3-5-10/h1-7,9,12,14H,8H2,(H2,17,20)(H,19,21). The van der Waals surface area contributed by atoms with E-state index in [1.807, 2.05) is 18.2 Å². The largest absolute Gasteiger partial charge is 0.364 e. The first-order valence-corrected chi connectivity index (χ1v) is 6.77. The van der Waals surface area contributed by atoms with Gasteiger partial charge < -0.3 is 11.1 Å². The van der Waals surface area contributed by atoms with Crippen molar-refractivity contribution in [3.05, 3.63) is 65.5 Å². The average molecular weight is 281 g/mol. The lowest BCUT2D eigenvalue weighted by Crippen LogP contribution is -2.27. The second-order valence-electron chi connectivity index (χ2n) is 5.13. The van der Waals surface area contributed by atoms with Gasteiger partial charge in [0.2, 0.25) is 0 Å². The molecule has 2 atom stereocenters. The number of pyridine rings is 1. The van der Waals surface area contributed by atoms with Crippen LogP contribution in [0.15, 0.2) is 48.7 Å². The maximum absolute atomic E-state index is 12.1. The molecule has 2 unspecified atom stereocenters. The summed E-state index contributed by atoms with van der Waals surface area (Å²) in [5.74, 6) is -0.400. The molecule has 3 N–H and O–H groups in total. The summed E-state index contributed by atoms with van der Waals surface area (Å²) in [6.45, 7) is 0. The van der Waals surface area contributed by atoms with E-state index in [4.69, 9.17) is 5.73 Å². The van der Waals surface area contributed by atoms with Crippen molar-refractivity contribution < 1.29 is 9.59 Å². The van der Waals surface area contributed by atoms with E-state index in [1.54, 1.807) is 6.07 Å². The highest BCUT2D eigenvalue weighted by molar-refractivity contribution is 5.96. The van der Waals surface area contributed by atoms with Crippen molar-refractivity contribution in [1.82, 2.24) is 10.3 Å². The van der Waals surface area contributed by atoms with Crippen LogP contribution in [0.4, 0.5) is 0 Å². The number of hydrogen-bond donors (Lipinski definition) is 2. The Morgan fingerprint density at radius 3 is 2.52 bits per heavy atom. The molecule has 1 aliphatic rings. The van der Waals surface area contributed by atoms with E-state index >= 15 is 0 Å². The zero-order valence-electron chi connectivity index (χ0n) is 11.3. The van der Waals surface area contributed by atoms with Gasteiger partial charge in [-0.1, -0.05) is 30.3 Å². The van der Waals surface area contributed by atoms with Crippen LogP contribution in [-0.2, 0) is 0 Å². The Balaban J connectivity index is 1.62. The number of rotatable bonds is 4. The molecule has 106 valence electrons. The van der Waals surface area contributed by atoms with Gasteiger partial charge in [0, 0.05) is 18.2 Å². The van der Waals surface area contributed by atoms with E-state index in [0.29, 0.717) is 11.5 Å². The van der Waals surface area contributed by atoms with Crippen LogP contribution < -0.4 is 11.1 Å². The van der Waals surface area contributed by atoms with Crippen molar-refractivity contribution in [2.75, 3.05) is 0 Å². The summed E-state index contributed by atoms with van der Waals surface area (Å²) in [6, 6.07) is 13.3. The number of aromatic nitrogens is 1. The first-order valence-electron chi connectivity index (χ1n) is 6.77. The lowest BCUT2D eigenvalue weighted by molar-refractivity contribution is 0.0946. The summed E-state index contributed by atoms with van der Waals surface area (Å²) in [5.41, 5.74) is 6.93. The first kappa shape index (κ1) is 13.3. The lowest BCUT2D eigenvalue weighted by atomic mass is 10.1. The monoisotopic (exact) mass is 281 g/mol. The van der Waals surface area contributed by atoms with Gasteiger partial charge in [-0.05, 0) is 24.1 Å². The molecule has 1 aliphatic carbocycles. The fourth-order valence-corrected chi connectivity index (χ4v) is 2.35. The average Bonchev–Trinajstić information content (AvgIpc) is 3.27. The minimum Gasteiger partial charge on any atom is -0.364 e. The summed E-state index contributed by atoms with van der Waals surface area (Å²) < 4.78 is 0. The fraction of sp³-hybridized carbons (Fsp3) is 0.188. The molecule has 1 saturated carbocycles. The number of nitrogens with two attached hydrogens (primary N) is 1. The van der Waals surface area contributed by atoms with Gasteiger partial charge in [-0.15, -0.1) is 0 Å². The van der Waals surface area contributed by atoms with Crippen molar-refractivity contribution in [2.45, 2.75) is 18.4 Å². The van der Waals surface area contributed by atoms with Crippen molar-refractivity contribution in [3.8, 4) is 0 Å². The predicted octanol–water partition coefficient (Wildman–Crippen LogP) is 1.47. The van der Waals surface area contributed by atoms with E-state index in [9.17, 15) is 9.59 Å². The summed E-state index contributed by atoms with van der Waals surface area (Å²) in [6.07, 6.45) is 2.32. The zero-order valence-corrected chi connectivity index (χ0v) is 11.3. The molecule has 0 bridgehead atoms. The summed E-state index contributed by atoms with van der Waals surface area (Å²) in [7, 11) is 0. The Morgan fingerprint density at radius 2 is 1.90 bits per heavy atom. The molecule has 1 aromatic carbocycles. The number of nitrogens with one attached hydrogen (secondary N) is 1. The quantitative estimate of drug-likeness (QED) is 0.889. The van der Waals surface area contributed by atoms with Crippen LogP contribution in [0.3, 0.4) is 0 Å². The molecule has 2 amide bonds. The third-order valence-corrected chi connectivity index (χ3v) is 3.61. The third-order valence-electron chi connectivity index (χ3n) is 3.61. The molecule has 5 nitrogen and oxygen atoms in total. The molecule has 1 heterocycles. The van der Waals surface area contributed by atoms with Gasteiger partial charge in [0.25, 0.3) is 11.8 Å². The van der Waals surface area contributed by atoms with Gasteiger partial charge in [-0.25, -0.2) is 0 Å². The number of nitrogens with zero attached hydrogens (tertiary/aromatic N) is 1. The number of primary amides is 1. The Morgan fingerprint density at radius 1 is 1.14 bits per heavy atom. The van der Waals surface area contributed by atoms with E-state index in [1.165, 1.54) is 17.8 Å². The Hall–Kier alpha value is -2.69. The van der Waals surface area contributed by atoms with Crippen LogP contribution in [-0.4, -0.2) is 22.8 Å². The third kappa shape index (κ3) is 2.91. The van der Waals surface area contributed by atoms with E-state index in [2.05, 4.69) is 22.4 Å². The Labute approximate surface area is 122 Å². The highest BCUT2D eigenvalue weighted by Crippen LogP contribution is 2.40. The maximum atomic E-state index is 12.1. The molecule has 21 heavy (non-hydrogen) atoms. The molecule has 3 rings (SSSR count). The van der Waals surface area contributed by atoms with Gasteiger partial charge in [0.15, 0.2) is 0 Å². The van der Waals surface area contributed by atoms with E-state index in [-0.39, 0.29) is 17.6 Å². The topological polar surface area (TPSA) is 85.1 Å². The van der Waals surface area contributed by atoms with Gasteiger partial charge in [0.05, 0.1) is 5.56 Å². The van der Waals surface area contributed by atoms with Crippen LogP contribution in [0, 0.1) is 0 Å². The smallest absolute Gasteiger partial charge is 0.267 e. The molecule has 0 saturated heterocycles. The molecule has 0 radical (unpaired) electrons.